The Labute approximate surface area is 121 Å². The van der Waals surface area contributed by atoms with Crippen molar-refractivity contribution in [3.8, 4) is 5.75 Å². The lowest BCUT2D eigenvalue weighted by atomic mass is 10.1. The van der Waals surface area contributed by atoms with Crippen LogP contribution in [0.4, 0.5) is 0 Å². The van der Waals surface area contributed by atoms with E-state index in [-0.39, 0.29) is 17.0 Å². The summed E-state index contributed by atoms with van der Waals surface area (Å²) in [5.41, 5.74) is 2.76. The molecule has 0 amide bonds. The quantitative estimate of drug-likeness (QED) is 0.898. The first-order chi connectivity index (χ1) is 8.24. The Morgan fingerprint density at radius 2 is 1.72 bits per heavy atom. The van der Waals surface area contributed by atoms with Gasteiger partial charge in [0.2, 0.25) is 0 Å². The van der Waals surface area contributed by atoms with E-state index in [4.69, 9.17) is 0 Å². The predicted molar refractivity (Wildman–Crippen MR) is 81.8 cm³/mol. The molecule has 0 saturated heterocycles. The molecule has 1 aliphatic carbocycles. The van der Waals surface area contributed by atoms with E-state index in [1.54, 1.807) is 0 Å². The molecule has 0 fully saturated rings. The third kappa shape index (κ3) is 3.48. The molecule has 0 spiro atoms. The zero-order valence-corrected chi connectivity index (χ0v) is 13.1. The summed E-state index contributed by atoms with van der Waals surface area (Å²) in [6.45, 7) is 6.88. The molecule has 0 aromatic heterocycles. The smallest absolute Gasteiger partial charge is 0.115 e. The van der Waals surface area contributed by atoms with E-state index in [0.717, 1.165) is 12.8 Å². The third-order valence-electron chi connectivity index (χ3n) is 3.64. The minimum Gasteiger partial charge on any atom is -0.508 e. The van der Waals surface area contributed by atoms with Gasteiger partial charge in [0.25, 0.3) is 0 Å². The first-order valence-electron chi connectivity index (χ1n) is 6.79. The van der Waals surface area contributed by atoms with Gasteiger partial charge < -0.3 is 5.11 Å². The second kappa shape index (κ2) is 7.15. The van der Waals surface area contributed by atoms with Crippen LogP contribution in [0.5, 0.6) is 5.75 Å². The molecular weight excluding hydrogens is 290 g/mol. The van der Waals surface area contributed by atoms with Crippen LogP contribution < -0.4 is 0 Å². The zero-order valence-electron chi connectivity index (χ0n) is 11.4. The molecular formula is C15H24BrNO. The molecule has 1 aromatic rings. The molecule has 0 saturated carbocycles. The summed E-state index contributed by atoms with van der Waals surface area (Å²) in [5, 5.41) is 9.51. The maximum absolute atomic E-state index is 9.51. The molecule has 0 heterocycles. The number of aromatic hydroxyl groups is 1. The maximum Gasteiger partial charge on any atom is 0.115 e. The first kappa shape index (κ1) is 15.5. The highest BCUT2D eigenvalue weighted by molar-refractivity contribution is 8.93. The number of fused-ring (bicyclic) bond motifs is 1. The number of hydrogen-bond donors (Lipinski definition) is 1. The molecule has 0 bridgehead atoms. The van der Waals surface area contributed by atoms with Crippen LogP contribution in [0.2, 0.25) is 0 Å². The third-order valence-corrected chi connectivity index (χ3v) is 3.64. The summed E-state index contributed by atoms with van der Waals surface area (Å²) in [6, 6.07) is 6.48. The molecule has 2 nitrogen and oxygen atoms in total. The van der Waals surface area contributed by atoms with Crippen molar-refractivity contribution in [2.75, 3.05) is 13.1 Å². The number of halogens is 1. The largest absolute Gasteiger partial charge is 0.508 e. The fourth-order valence-corrected chi connectivity index (χ4v) is 2.89. The summed E-state index contributed by atoms with van der Waals surface area (Å²) >= 11 is 0. The number of hydrogen-bond acceptors (Lipinski definition) is 2. The van der Waals surface area contributed by atoms with Gasteiger partial charge in [0.15, 0.2) is 0 Å². The van der Waals surface area contributed by atoms with Crippen LogP contribution >= 0.6 is 17.0 Å². The first-order valence-corrected chi connectivity index (χ1v) is 6.79. The number of benzene rings is 1. The molecule has 0 radical (unpaired) electrons. The van der Waals surface area contributed by atoms with Crippen molar-refractivity contribution in [3.63, 3.8) is 0 Å². The highest BCUT2D eigenvalue weighted by Crippen LogP contribution is 2.28. The summed E-state index contributed by atoms with van der Waals surface area (Å²) in [4.78, 5) is 2.61. The zero-order chi connectivity index (χ0) is 12.3. The van der Waals surface area contributed by atoms with Gasteiger partial charge in [-0.2, -0.15) is 0 Å². The van der Waals surface area contributed by atoms with Crippen LogP contribution in [0.15, 0.2) is 18.2 Å². The molecule has 1 aromatic carbocycles. The number of phenols is 1. The van der Waals surface area contributed by atoms with Crippen LogP contribution in [0, 0.1) is 0 Å². The molecule has 3 heteroatoms. The van der Waals surface area contributed by atoms with Gasteiger partial charge in [0.1, 0.15) is 5.75 Å². The van der Waals surface area contributed by atoms with Crippen molar-refractivity contribution in [2.45, 2.75) is 45.6 Å². The van der Waals surface area contributed by atoms with E-state index in [1.807, 2.05) is 12.1 Å². The highest BCUT2D eigenvalue weighted by Gasteiger charge is 2.25. The van der Waals surface area contributed by atoms with E-state index in [1.165, 1.54) is 37.1 Å². The Hall–Kier alpha value is -0.540. The van der Waals surface area contributed by atoms with Gasteiger partial charge in [-0.1, -0.05) is 19.9 Å². The molecule has 1 atom stereocenters. The minimum atomic E-state index is 0. The Morgan fingerprint density at radius 1 is 1.11 bits per heavy atom. The molecule has 2 rings (SSSR count). The molecule has 0 aliphatic heterocycles. The van der Waals surface area contributed by atoms with E-state index < -0.39 is 0 Å². The van der Waals surface area contributed by atoms with Crippen LogP contribution in [0.3, 0.4) is 0 Å². The van der Waals surface area contributed by atoms with E-state index in [2.05, 4.69) is 24.8 Å². The fraction of sp³-hybridized carbons (Fsp3) is 0.600. The standard InChI is InChI=1S/C15H23NO.BrH/c1-3-7-16(8-4-2)14-9-12-5-6-15(17)11-13(12)10-14;/h5-6,11,14,17H,3-4,7-10H2,1-2H3;1H. The van der Waals surface area contributed by atoms with Crippen LogP contribution in [-0.2, 0) is 12.8 Å². The maximum atomic E-state index is 9.51. The molecule has 18 heavy (non-hydrogen) atoms. The number of nitrogens with zero attached hydrogens (tertiary/aromatic N) is 1. The topological polar surface area (TPSA) is 23.5 Å². The lowest BCUT2D eigenvalue weighted by Crippen LogP contribution is -2.37. The average Bonchev–Trinajstić information content (AvgIpc) is 2.71. The van der Waals surface area contributed by atoms with Gasteiger partial charge >= 0.3 is 0 Å². The van der Waals surface area contributed by atoms with Crippen LogP contribution in [-0.4, -0.2) is 29.1 Å². The Morgan fingerprint density at radius 3 is 2.33 bits per heavy atom. The second-order valence-corrected chi connectivity index (χ2v) is 5.05. The summed E-state index contributed by atoms with van der Waals surface area (Å²) in [6.07, 6.45) is 4.69. The molecule has 1 aliphatic rings. The van der Waals surface area contributed by atoms with Crippen LogP contribution in [0.25, 0.3) is 0 Å². The lowest BCUT2D eigenvalue weighted by Gasteiger charge is -2.27. The Balaban J connectivity index is 0.00000162. The lowest BCUT2D eigenvalue weighted by molar-refractivity contribution is 0.202. The van der Waals surface area contributed by atoms with Gasteiger partial charge in [0.05, 0.1) is 0 Å². The molecule has 102 valence electrons. The van der Waals surface area contributed by atoms with Crippen molar-refractivity contribution in [2.24, 2.45) is 0 Å². The number of phenolic OH excluding ortho intramolecular Hbond substituents is 1. The minimum absolute atomic E-state index is 0. The van der Waals surface area contributed by atoms with Crippen LogP contribution in [0.1, 0.15) is 37.8 Å². The monoisotopic (exact) mass is 313 g/mol. The fourth-order valence-electron chi connectivity index (χ4n) is 2.89. The van der Waals surface area contributed by atoms with Crippen molar-refractivity contribution >= 4 is 17.0 Å². The van der Waals surface area contributed by atoms with Gasteiger partial charge in [-0.15, -0.1) is 17.0 Å². The SMILES string of the molecule is Br.CCCN(CCC)C1Cc2ccc(O)cc2C1. The van der Waals surface area contributed by atoms with Gasteiger partial charge in [-0.05, 0) is 62.0 Å². The highest BCUT2D eigenvalue weighted by atomic mass is 79.9. The molecule has 1 N–H and O–H groups in total. The second-order valence-electron chi connectivity index (χ2n) is 5.05. The van der Waals surface area contributed by atoms with Gasteiger partial charge in [-0.25, -0.2) is 0 Å². The summed E-state index contributed by atoms with van der Waals surface area (Å²) in [7, 11) is 0. The van der Waals surface area contributed by atoms with E-state index in [9.17, 15) is 5.11 Å². The van der Waals surface area contributed by atoms with E-state index in [0.29, 0.717) is 11.8 Å². The summed E-state index contributed by atoms with van der Waals surface area (Å²) < 4.78 is 0. The van der Waals surface area contributed by atoms with E-state index >= 15 is 0 Å². The van der Waals surface area contributed by atoms with Crippen molar-refractivity contribution in [1.82, 2.24) is 4.90 Å². The van der Waals surface area contributed by atoms with Crippen molar-refractivity contribution in [3.05, 3.63) is 29.3 Å². The predicted octanol–water partition coefficient (Wildman–Crippen LogP) is 3.56. The normalized spacial score (nSPS) is 17.6. The summed E-state index contributed by atoms with van der Waals surface area (Å²) in [5.74, 6) is 0.405. The Bertz CT molecular complexity index is 375. The number of rotatable bonds is 5. The van der Waals surface area contributed by atoms with Crippen molar-refractivity contribution < 1.29 is 5.11 Å². The van der Waals surface area contributed by atoms with Gasteiger partial charge in [-0.3, -0.25) is 4.90 Å². The Kier molecular flexibility index (Phi) is 6.16. The molecule has 1 unspecified atom stereocenters. The van der Waals surface area contributed by atoms with Gasteiger partial charge in [0, 0.05) is 6.04 Å². The average molecular weight is 314 g/mol. The van der Waals surface area contributed by atoms with Crippen molar-refractivity contribution in [1.29, 1.82) is 0 Å².